The second-order valence-corrected chi connectivity index (χ2v) is 6.25. The van der Waals surface area contributed by atoms with Gasteiger partial charge < -0.3 is 5.73 Å². The van der Waals surface area contributed by atoms with E-state index in [-0.39, 0.29) is 23.7 Å². The lowest BCUT2D eigenvalue weighted by atomic mass is 10.00. The molecule has 0 spiro atoms. The van der Waals surface area contributed by atoms with E-state index < -0.39 is 0 Å². The molecular weight excluding hydrogens is 264 g/mol. The van der Waals surface area contributed by atoms with Crippen LogP contribution in [-0.2, 0) is 22.7 Å². The molecule has 0 radical (unpaired) electrons. The van der Waals surface area contributed by atoms with E-state index in [1.165, 1.54) is 4.90 Å². The minimum Gasteiger partial charge on any atom is -0.326 e. The number of nitrogens with two attached hydrogens (primary N) is 1. The van der Waals surface area contributed by atoms with Gasteiger partial charge in [-0.05, 0) is 29.9 Å². The summed E-state index contributed by atoms with van der Waals surface area (Å²) >= 11 is 0. The molecule has 0 aromatic heterocycles. The van der Waals surface area contributed by atoms with Gasteiger partial charge in [-0.2, -0.15) is 0 Å². The lowest BCUT2D eigenvalue weighted by molar-refractivity contribution is -0.141. The maximum Gasteiger partial charge on any atom is 0.233 e. The van der Waals surface area contributed by atoms with Crippen molar-refractivity contribution in [1.82, 2.24) is 4.90 Å². The van der Waals surface area contributed by atoms with Crippen LogP contribution in [0.4, 0.5) is 0 Å². The van der Waals surface area contributed by atoms with Crippen molar-refractivity contribution in [1.29, 1.82) is 0 Å². The minimum absolute atomic E-state index is 0.0269. The van der Waals surface area contributed by atoms with Gasteiger partial charge in [-0.15, -0.1) is 0 Å². The van der Waals surface area contributed by atoms with E-state index in [0.29, 0.717) is 19.0 Å². The molecule has 2 N–H and O–H groups in total. The van der Waals surface area contributed by atoms with E-state index in [0.717, 1.165) is 30.4 Å². The number of nitrogens with zero attached hydrogens (tertiary/aromatic N) is 1. The molecule has 4 nitrogen and oxygen atoms in total. The maximum atomic E-state index is 12.5. The molecule has 112 valence electrons. The van der Waals surface area contributed by atoms with Crippen LogP contribution in [0.5, 0.6) is 0 Å². The van der Waals surface area contributed by atoms with Crippen LogP contribution in [0, 0.1) is 17.8 Å². The van der Waals surface area contributed by atoms with Gasteiger partial charge in [0.25, 0.3) is 0 Å². The van der Waals surface area contributed by atoms with Crippen molar-refractivity contribution in [3.8, 4) is 0 Å². The Hall–Kier alpha value is -1.68. The van der Waals surface area contributed by atoms with Crippen LogP contribution >= 0.6 is 0 Å². The largest absolute Gasteiger partial charge is 0.326 e. The molecule has 2 fully saturated rings. The molecular formula is C17H22N2O2. The van der Waals surface area contributed by atoms with Gasteiger partial charge in [-0.3, -0.25) is 14.5 Å². The van der Waals surface area contributed by atoms with Crippen LogP contribution in [0.25, 0.3) is 0 Å². The molecule has 2 atom stereocenters. The van der Waals surface area contributed by atoms with Crippen molar-refractivity contribution in [2.45, 2.75) is 39.3 Å². The number of hydrogen-bond donors (Lipinski definition) is 1. The number of benzene rings is 1. The first-order valence-electron chi connectivity index (χ1n) is 7.77. The molecule has 2 aliphatic rings. The first-order chi connectivity index (χ1) is 10.1. The van der Waals surface area contributed by atoms with Crippen LogP contribution in [0.2, 0.25) is 0 Å². The Balaban J connectivity index is 1.75. The van der Waals surface area contributed by atoms with E-state index in [9.17, 15) is 9.59 Å². The molecule has 1 saturated carbocycles. The maximum absolute atomic E-state index is 12.5. The average Bonchev–Trinajstić information content (AvgIpc) is 3.03. The highest BCUT2D eigenvalue weighted by molar-refractivity contribution is 6.05. The van der Waals surface area contributed by atoms with Crippen molar-refractivity contribution in [3.63, 3.8) is 0 Å². The van der Waals surface area contributed by atoms with Crippen molar-refractivity contribution < 1.29 is 9.59 Å². The highest BCUT2D eigenvalue weighted by atomic mass is 16.2. The Morgan fingerprint density at radius 3 is 2.33 bits per heavy atom. The molecule has 3 rings (SSSR count). The first-order valence-corrected chi connectivity index (χ1v) is 7.77. The number of likely N-dealkylation sites (tertiary alicyclic amines) is 1. The quantitative estimate of drug-likeness (QED) is 0.862. The SMILES string of the molecule is CCC1CC2C(=O)N(Cc3cccc(CN)c3)C(=O)C2C1. The van der Waals surface area contributed by atoms with Crippen LogP contribution in [0.15, 0.2) is 24.3 Å². The van der Waals surface area contributed by atoms with E-state index >= 15 is 0 Å². The van der Waals surface area contributed by atoms with Gasteiger partial charge in [0, 0.05) is 6.54 Å². The third kappa shape index (κ3) is 2.48. The van der Waals surface area contributed by atoms with Gasteiger partial charge in [0.15, 0.2) is 0 Å². The summed E-state index contributed by atoms with van der Waals surface area (Å²) in [5.41, 5.74) is 7.64. The Morgan fingerprint density at radius 2 is 1.76 bits per heavy atom. The summed E-state index contributed by atoms with van der Waals surface area (Å²) in [4.78, 5) is 26.5. The number of hydrogen-bond acceptors (Lipinski definition) is 3. The van der Waals surface area contributed by atoms with Gasteiger partial charge >= 0.3 is 0 Å². The third-order valence-corrected chi connectivity index (χ3v) is 4.97. The monoisotopic (exact) mass is 286 g/mol. The highest BCUT2D eigenvalue weighted by Crippen LogP contribution is 2.44. The standard InChI is InChI=1S/C17H22N2O2/c1-2-11-7-14-15(8-11)17(21)19(16(14)20)10-13-5-3-4-12(6-13)9-18/h3-6,11,14-15H,2,7-10,18H2,1H3. The van der Waals surface area contributed by atoms with Crippen LogP contribution in [-0.4, -0.2) is 16.7 Å². The number of carbonyl (C=O) groups excluding carboxylic acids is 2. The molecule has 1 aliphatic heterocycles. The van der Waals surface area contributed by atoms with Gasteiger partial charge in [0.2, 0.25) is 11.8 Å². The van der Waals surface area contributed by atoms with Crippen molar-refractivity contribution >= 4 is 11.8 Å². The fourth-order valence-electron chi connectivity index (χ4n) is 3.72. The third-order valence-electron chi connectivity index (χ3n) is 4.97. The Bertz CT molecular complexity index is 546. The minimum atomic E-state index is -0.0693. The molecule has 1 aliphatic carbocycles. The van der Waals surface area contributed by atoms with E-state index in [4.69, 9.17) is 5.73 Å². The zero-order valence-electron chi connectivity index (χ0n) is 12.4. The van der Waals surface area contributed by atoms with Crippen molar-refractivity contribution in [3.05, 3.63) is 35.4 Å². The van der Waals surface area contributed by atoms with Crippen molar-refractivity contribution in [2.75, 3.05) is 0 Å². The van der Waals surface area contributed by atoms with Gasteiger partial charge in [0.05, 0.1) is 18.4 Å². The predicted molar refractivity (Wildman–Crippen MR) is 79.9 cm³/mol. The van der Waals surface area contributed by atoms with Crippen LogP contribution in [0.3, 0.4) is 0 Å². The van der Waals surface area contributed by atoms with Gasteiger partial charge in [0.1, 0.15) is 0 Å². The molecule has 4 heteroatoms. The van der Waals surface area contributed by atoms with E-state index in [1.807, 2.05) is 24.3 Å². The van der Waals surface area contributed by atoms with Gasteiger partial charge in [-0.25, -0.2) is 0 Å². The zero-order chi connectivity index (χ0) is 15.0. The Labute approximate surface area is 125 Å². The normalized spacial score (nSPS) is 28.3. The lowest BCUT2D eigenvalue weighted by Crippen LogP contribution is -2.31. The smallest absolute Gasteiger partial charge is 0.233 e. The summed E-state index contributed by atoms with van der Waals surface area (Å²) < 4.78 is 0. The second kappa shape index (κ2) is 5.60. The summed E-state index contributed by atoms with van der Waals surface area (Å²) in [6.45, 7) is 2.99. The molecule has 2 amide bonds. The topological polar surface area (TPSA) is 63.4 Å². The molecule has 2 unspecified atom stereocenters. The lowest BCUT2D eigenvalue weighted by Gasteiger charge is -2.18. The molecule has 1 saturated heterocycles. The first kappa shape index (κ1) is 14.3. The number of fused-ring (bicyclic) bond motifs is 1. The predicted octanol–water partition coefficient (Wildman–Crippen LogP) is 2.07. The van der Waals surface area contributed by atoms with Gasteiger partial charge in [-0.1, -0.05) is 37.6 Å². The van der Waals surface area contributed by atoms with Crippen LogP contribution in [0.1, 0.15) is 37.3 Å². The Morgan fingerprint density at radius 1 is 1.14 bits per heavy atom. The molecule has 21 heavy (non-hydrogen) atoms. The average molecular weight is 286 g/mol. The van der Waals surface area contributed by atoms with E-state index in [2.05, 4.69) is 6.92 Å². The molecule has 0 bridgehead atoms. The fraction of sp³-hybridized carbons (Fsp3) is 0.529. The number of amides is 2. The molecule has 1 aromatic carbocycles. The summed E-state index contributed by atoms with van der Waals surface area (Å²) in [5, 5.41) is 0. The molecule has 1 heterocycles. The zero-order valence-corrected chi connectivity index (χ0v) is 12.4. The summed E-state index contributed by atoms with van der Waals surface area (Å²) in [7, 11) is 0. The number of imide groups is 1. The van der Waals surface area contributed by atoms with E-state index in [1.54, 1.807) is 0 Å². The Kier molecular flexibility index (Phi) is 3.81. The second-order valence-electron chi connectivity index (χ2n) is 6.25. The summed E-state index contributed by atoms with van der Waals surface area (Å²) in [6.07, 6.45) is 2.82. The highest BCUT2D eigenvalue weighted by Gasteiger charge is 2.51. The fourth-order valence-corrected chi connectivity index (χ4v) is 3.72. The number of carbonyl (C=O) groups is 2. The molecule has 1 aromatic rings. The number of rotatable bonds is 4. The van der Waals surface area contributed by atoms with Crippen LogP contribution < -0.4 is 5.73 Å². The summed E-state index contributed by atoms with van der Waals surface area (Å²) in [5.74, 6) is 0.453. The summed E-state index contributed by atoms with van der Waals surface area (Å²) in [6, 6.07) is 7.81. The van der Waals surface area contributed by atoms with Crippen molar-refractivity contribution in [2.24, 2.45) is 23.5 Å².